The van der Waals surface area contributed by atoms with Crippen LogP contribution in [0.15, 0.2) is 29.4 Å². The van der Waals surface area contributed by atoms with E-state index < -0.39 is 0 Å². The van der Waals surface area contributed by atoms with E-state index in [4.69, 9.17) is 5.73 Å². The van der Waals surface area contributed by atoms with Crippen molar-refractivity contribution in [1.82, 2.24) is 14.8 Å². The number of nitrogens with zero attached hydrogens (tertiary/aromatic N) is 3. The van der Waals surface area contributed by atoms with E-state index in [0.29, 0.717) is 6.04 Å². The smallest absolute Gasteiger partial charge is 0.230 e. The number of hydrogen-bond acceptors (Lipinski definition) is 4. The lowest BCUT2D eigenvalue weighted by atomic mass is 9.86. The summed E-state index contributed by atoms with van der Waals surface area (Å²) in [5.74, 6) is 0.559. The molecule has 5 nitrogen and oxygen atoms in total. The van der Waals surface area contributed by atoms with Gasteiger partial charge in [-0.05, 0) is 30.7 Å². The number of amides is 1. The van der Waals surface area contributed by atoms with Crippen molar-refractivity contribution in [1.29, 1.82) is 0 Å². The van der Waals surface area contributed by atoms with Crippen molar-refractivity contribution >= 4 is 17.7 Å². The predicted molar refractivity (Wildman–Crippen MR) is 106 cm³/mol. The van der Waals surface area contributed by atoms with Gasteiger partial charge in [0.05, 0.1) is 5.25 Å². The van der Waals surface area contributed by atoms with E-state index in [0.717, 1.165) is 29.4 Å². The zero-order valence-electron chi connectivity index (χ0n) is 16.0. The highest BCUT2D eigenvalue weighted by Crippen LogP contribution is 2.37. The van der Waals surface area contributed by atoms with Crippen LogP contribution in [0.2, 0.25) is 0 Å². The van der Waals surface area contributed by atoms with Gasteiger partial charge in [0.15, 0.2) is 11.0 Å². The van der Waals surface area contributed by atoms with Crippen LogP contribution in [0.5, 0.6) is 0 Å². The maximum Gasteiger partial charge on any atom is 0.230 e. The highest BCUT2D eigenvalue weighted by atomic mass is 32.2. The number of carbonyl (C=O) groups is 1. The van der Waals surface area contributed by atoms with Gasteiger partial charge in [0.2, 0.25) is 5.91 Å². The van der Waals surface area contributed by atoms with Crippen LogP contribution in [-0.4, -0.2) is 25.9 Å². The van der Waals surface area contributed by atoms with Gasteiger partial charge in [0.25, 0.3) is 0 Å². The molecule has 1 heterocycles. The Bertz CT molecular complexity index is 770. The standard InChI is InChI=1S/C20H28N4OS/c1-13(17(21)25)26-19-23-22-18(24(19)16-7-5-6-8-16)14-9-11-15(12-10-14)20(2,3)4/h9-13,16H,5-8H2,1-4H3,(H2,21,25). The summed E-state index contributed by atoms with van der Waals surface area (Å²) >= 11 is 1.40. The molecule has 1 unspecified atom stereocenters. The van der Waals surface area contributed by atoms with Crippen molar-refractivity contribution < 1.29 is 4.79 Å². The quantitative estimate of drug-likeness (QED) is 0.793. The molecule has 1 atom stereocenters. The Kier molecular flexibility index (Phi) is 5.42. The average molecular weight is 373 g/mol. The van der Waals surface area contributed by atoms with Crippen LogP contribution in [-0.2, 0) is 10.2 Å². The van der Waals surface area contributed by atoms with E-state index in [1.165, 1.54) is 30.2 Å². The first-order valence-corrected chi connectivity index (χ1v) is 10.2. The molecule has 2 aromatic rings. The number of thioether (sulfide) groups is 1. The van der Waals surface area contributed by atoms with E-state index in [1.807, 2.05) is 6.92 Å². The molecule has 2 N–H and O–H groups in total. The van der Waals surface area contributed by atoms with Crippen LogP contribution in [0.4, 0.5) is 0 Å². The van der Waals surface area contributed by atoms with Crippen molar-refractivity contribution in [3.63, 3.8) is 0 Å². The Balaban J connectivity index is 1.98. The topological polar surface area (TPSA) is 73.8 Å². The maximum absolute atomic E-state index is 11.5. The van der Waals surface area contributed by atoms with Crippen LogP contribution < -0.4 is 5.73 Å². The fourth-order valence-electron chi connectivity index (χ4n) is 3.38. The SMILES string of the molecule is CC(Sc1nnc(-c2ccc(C(C)(C)C)cc2)n1C1CCCC1)C(N)=O. The van der Waals surface area contributed by atoms with Gasteiger partial charge in [-0.3, -0.25) is 9.36 Å². The summed E-state index contributed by atoms with van der Waals surface area (Å²) in [4.78, 5) is 11.5. The molecule has 140 valence electrons. The van der Waals surface area contributed by atoms with Gasteiger partial charge < -0.3 is 5.73 Å². The third kappa shape index (κ3) is 3.95. The highest BCUT2D eigenvalue weighted by Gasteiger charge is 2.27. The second kappa shape index (κ2) is 7.43. The minimum atomic E-state index is -0.327. The second-order valence-corrected chi connectivity index (χ2v) is 9.41. The van der Waals surface area contributed by atoms with Gasteiger partial charge in [-0.25, -0.2) is 0 Å². The molecule has 0 saturated heterocycles. The molecule has 26 heavy (non-hydrogen) atoms. The minimum Gasteiger partial charge on any atom is -0.369 e. The first-order valence-electron chi connectivity index (χ1n) is 9.29. The van der Waals surface area contributed by atoms with E-state index in [2.05, 4.69) is 59.8 Å². The molecule has 1 amide bonds. The lowest BCUT2D eigenvalue weighted by Gasteiger charge is -2.20. The number of aromatic nitrogens is 3. The number of benzene rings is 1. The molecular weight excluding hydrogens is 344 g/mol. The molecule has 6 heteroatoms. The number of rotatable bonds is 5. The largest absolute Gasteiger partial charge is 0.369 e. The maximum atomic E-state index is 11.5. The summed E-state index contributed by atoms with van der Waals surface area (Å²) in [6.07, 6.45) is 4.70. The monoisotopic (exact) mass is 372 g/mol. The average Bonchev–Trinajstić information content (AvgIpc) is 3.23. The Morgan fingerprint density at radius 1 is 1.19 bits per heavy atom. The molecule has 1 aliphatic rings. The van der Waals surface area contributed by atoms with Crippen molar-refractivity contribution in [2.75, 3.05) is 0 Å². The van der Waals surface area contributed by atoms with Crippen LogP contribution in [0, 0.1) is 0 Å². The molecule has 1 aliphatic carbocycles. The van der Waals surface area contributed by atoms with Crippen molar-refractivity contribution in [3.05, 3.63) is 29.8 Å². The van der Waals surface area contributed by atoms with Crippen LogP contribution >= 0.6 is 11.8 Å². The fraction of sp³-hybridized carbons (Fsp3) is 0.550. The number of nitrogens with two attached hydrogens (primary N) is 1. The fourth-order valence-corrected chi connectivity index (χ4v) is 4.25. The van der Waals surface area contributed by atoms with Gasteiger partial charge in [-0.2, -0.15) is 0 Å². The number of carbonyl (C=O) groups excluding carboxylic acids is 1. The van der Waals surface area contributed by atoms with Gasteiger partial charge in [-0.1, -0.05) is 69.6 Å². The number of hydrogen-bond donors (Lipinski definition) is 1. The van der Waals surface area contributed by atoms with Crippen LogP contribution in [0.1, 0.15) is 65.0 Å². The summed E-state index contributed by atoms with van der Waals surface area (Å²) in [5.41, 5.74) is 7.93. The Hall–Kier alpha value is -1.82. The van der Waals surface area contributed by atoms with Gasteiger partial charge in [0, 0.05) is 11.6 Å². The summed E-state index contributed by atoms with van der Waals surface area (Å²) in [6, 6.07) is 8.98. The van der Waals surface area contributed by atoms with Gasteiger partial charge >= 0.3 is 0 Å². The van der Waals surface area contributed by atoms with E-state index in [9.17, 15) is 4.79 Å². The first-order chi connectivity index (χ1) is 12.3. The molecule has 1 aromatic carbocycles. The zero-order valence-corrected chi connectivity index (χ0v) is 16.8. The summed E-state index contributed by atoms with van der Waals surface area (Å²) < 4.78 is 2.23. The molecule has 0 aliphatic heterocycles. The van der Waals surface area contributed by atoms with Gasteiger partial charge in [0.1, 0.15) is 0 Å². The molecule has 1 saturated carbocycles. The highest BCUT2D eigenvalue weighted by molar-refractivity contribution is 8.00. The molecule has 1 fully saturated rings. The Labute approximate surface area is 159 Å². The second-order valence-electron chi connectivity index (χ2n) is 8.10. The summed E-state index contributed by atoms with van der Waals surface area (Å²) in [5, 5.41) is 9.34. The molecule has 1 aromatic heterocycles. The first kappa shape index (κ1) is 19.0. The van der Waals surface area contributed by atoms with Crippen LogP contribution in [0.3, 0.4) is 0 Å². The third-order valence-corrected chi connectivity index (χ3v) is 6.12. The minimum absolute atomic E-state index is 0.121. The molecule has 0 radical (unpaired) electrons. The van der Waals surface area contributed by atoms with E-state index >= 15 is 0 Å². The van der Waals surface area contributed by atoms with E-state index in [1.54, 1.807) is 0 Å². The zero-order chi connectivity index (χ0) is 18.9. The predicted octanol–water partition coefficient (Wildman–Crippen LogP) is 4.32. The van der Waals surface area contributed by atoms with Gasteiger partial charge in [-0.15, -0.1) is 10.2 Å². The Morgan fingerprint density at radius 2 is 1.81 bits per heavy atom. The Morgan fingerprint density at radius 3 is 2.35 bits per heavy atom. The van der Waals surface area contributed by atoms with E-state index in [-0.39, 0.29) is 16.6 Å². The number of primary amides is 1. The van der Waals surface area contributed by atoms with Crippen molar-refractivity contribution in [3.8, 4) is 11.4 Å². The normalized spacial score (nSPS) is 16.8. The van der Waals surface area contributed by atoms with Crippen molar-refractivity contribution in [2.24, 2.45) is 5.73 Å². The summed E-state index contributed by atoms with van der Waals surface area (Å²) in [7, 11) is 0. The van der Waals surface area contributed by atoms with Crippen molar-refractivity contribution in [2.45, 2.75) is 75.2 Å². The summed E-state index contributed by atoms with van der Waals surface area (Å²) in [6.45, 7) is 8.45. The molecule has 3 rings (SSSR count). The molecule has 0 bridgehead atoms. The molecule has 0 spiro atoms. The lowest BCUT2D eigenvalue weighted by molar-refractivity contribution is -0.117. The lowest BCUT2D eigenvalue weighted by Crippen LogP contribution is -2.23. The van der Waals surface area contributed by atoms with Crippen LogP contribution in [0.25, 0.3) is 11.4 Å². The third-order valence-electron chi connectivity index (χ3n) is 5.05. The molecular formula is C20H28N4OS.